The van der Waals surface area contributed by atoms with E-state index in [4.69, 9.17) is 17.3 Å². The molecule has 2 aromatic carbocycles. The number of benzene rings is 2. The van der Waals surface area contributed by atoms with Gasteiger partial charge in [-0.2, -0.15) is 0 Å². The molecule has 196 valence electrons. The second kappa shape index (κ2) is 10.9. The molecule has 10 nitrogen and oxygen atoms in total. The Kier molecular flexibility index (Phi) is 7.58. The average molecular weight is 540 g/mol. The maximum absolute atomic E-state index is 14.9. The molecule has 3 atom stereocenters. The SMILES string of the molecule is CN(CC(N)=O)C(=O)[C@H]1[C@H](C(=O)Nc2ccc(Cl)cc2)[C@@H]1C(=O)Nc1ccc(-n2ccccc2=O)cc1F. The number of nitrogens with two attached hydrogens (primary N) is 1. The number of nitrogens with zero attached hydrogens (tertiary/aromatic N) is 2. The lowest BCUT2D eigenvalue weighted by Crippen LogP contribution is -2.37. The van der Waals surface area contributed by atoms with Gasteiger partial charge in [0.15, 0.2) is 0 Å². The van der Waals surface area contributed by atoms with Crippen molar-refractivity contribution in [3.05, 3.63) is 88.1 Å². The summed E-state index contributed by atoms with van der Waals surface area (Å²) >= 11 is 5.87. The third-order valence-corrected chi connectivity index (χ3v) is 6.35. The smallest absolute Gasteiger partial charge is 0.255 e. The molecule has 1 aliphatic carbocycles. The van der Waals surface area contributed by atoms with Gasteiger partial charge in [0.1, 0.15) is 5.82 Å². The molecule has 4 rings (SSSR count). The number of carbonyl (C=O) groups is 4. The van der Waals surface area contributed by atoms with Crippen molar-refractivity contribution in [2.45, 2.75) is 0 Å². The van der Waals surface area contributed by atoms with Crippen molar-refractivity contribution in [1.29, 1.82) is 0 Å². The lowest BCUT2D eigenvalue weighted by molar-refractivity contribution is -0.136. The molecule has 38 heavy (non-hydrogen) atoms. The van der Waals surface area contributed by atoms with Crippen LogP contribution in [0.1, 0.15) is 0 Å². The van der Waals surface area contributed by atoms with E-state index >= 15 is 0 Å². The van der Waals surface area contributed by atoms with Gasteiger partial charge in [0.05, 0.1) is 35.7 Å². The first-order valence-corrected chi connectivity index (χ1v) is 11.8. The molecule has 0 aliphatic heterocycles. The lowest BCUT2D eigenvalue weighted by atomic mass is 10.2. The van der Waals surface area contributed by atoms with Gasteiger partial charge >= 0.3 is 0 Å². The predicted octanol–water partition coefficient (Wildman–Crippen LogP) is 2.01. The molecule has 4 N–H and O–H groups in total. The molecule has 0 radical (unpaired) electrons. The zero-order valence-corrected chi connectivity index (χ0v) is 20.8. The predicted molar refractivity (Wildman–Crippen MR) is 138 cm³/mol. The fourth-order valence-corrected chi connectivity index (χ4v) is 4.33. The highest BCUT2D eigenvalue weighted by atomic mass is 35.5. The molecule has 0 saturated heterocycles. The molecule has 12 heteroatoms. The number of hydrogen-bond acceptors (Lipinski definition) is 5. The normalized spacial score (nSPS) is 17.8. The van der Waals surface area contributed by atoms with Gasteiger partial charge in [0.25, 0.3) is 5.56 Å². The minimum absolute atomic E-state index is 0.192. The molecule has 1 aromatic heterocycles. The Morgan fingerprint density at radius 2 is 1.63 bits per heavy atom. The molecular weight excluding hydrogens is 517 g/mol. The Morgan fingerprint density at radius 3 is 2.24 bits per heavy atom. The zero-order chi connectivity index (χ0) is 27.6. The van der Waals surface area contributed by atoms with E-state index < -0.39 is 53.7 Å². The van der Waals surface area contributed by atoms with E-state index in [1.54, 1.807) is 36.4 Å². The van der Waals surface area contributed by atoms with Crippen LogP contribution < -0.4 is 21.9 Å². The van der Waals surface area contributed by atoms with E-state index in [1.807, 2.05) is 0 Å². The van der Waals surface area contributed by atoms with E-state index in [0.717, 1.165) is 11.0 Å². The number of anilines is 2. The van der Waals surface area contributed by atoms with Gasteiger partial charge in [0.2, 0.25) is 23.6 Å². The number of hydrogen-bond donors (Lipinski definition) is 3. The number of carbonyl (C=O) groups excluding carboxylic acids is 4. The van der Waals surface area contributed by atoms with E-state index in [1.165, 1.54) is 36.0 Å². The molecule has 0 bridgehead atoms. The minimum Gasteiger partial charge on any atom is -0.368 e. The van der Waals surface area contributed by atoms with Gasteiger partial charge in [-0.15, -0.1) is 0 Å². The molecule has 1 aliphatic rings. The van der Waals surface area contributed by atoms with E-state index in [2.05, 4.69) is 10.6 Å². The molecule has 1 fully saturated rings. The summed E-state index contributed by atoms with van der Waals surface area (Å²) in [6, 6.07) is 14.5. The van der Waals surface area contributed by atoms with Gasteiger partial charge in [-0.25, -0.2) is 4.39 Å². The van der Waals surface area contributed by atoms with Gasteiger partial charge in [0, 0.05) is 36.1 Å². The first-order valence-electron chi connectivity index (χ1n) is 11.4. The Bertz CT molecular complexity index is 1480. The van der Waals surface area contributed by atoms with Crippen molar-refractivity contribution < 1.29 is 23.6 Å². The Balaban J connectivity index is 1.54. The summed E-state index contributed by atoms with van der Waals surface area (Å²) in [6.07, 6.45) is 1.47. The van der Waals surface area contributed by atoms with Crippen molar-refractivity contribution in [2.75, 3.05) is 24.2 Å². The summed E-state index contributed by atoms with van der Waals surface area (Å²) in [5.41, 5.74) is 5.27. The topological polar surface area (TPSA) is 144 Å². The standard InChI is InChI=1S/C26H23ClFN5O5/c1-32(13-19(29)34)26(38)23-21(24(36)30-15-7-5-14(27)6-8-15)22(23)25(37)31-18-10-9-16(12-17(18)28)33-11-3-2-4-20(33)35/h2-12,21-23H,13H2,1H3,(H2,29,34)(H,30,36)(H,31,37)/t21-,22+,23+/m1/s1. The minimum atomic E-state index is -1.12. The highest BCUT2D eigenvalue weighted by Gasteiger charge is 2.63. The first-order chi connectivity index (χ1) is 18.1. The van der Waals surface area contributed by atoms with Crippen LogP contribution in [0.25, 0.3) is 5.69 Å². The molecule has 4 amide bonds. The zero-order valence-electron chi connectivity index (χ0n) is 20.1. The second-order valence-electron chi connectivity index (χ2n) is 8.80. The first kappa shape index (κ1) is 26.6. The molecule has 0 unspecified atom stereocenters. The summed E-state index contributed by atoms with van der Waals surface area (Å²) in [5, 5.41) is 5.52. The van der Waals surface area contributed by atoms with Crippen LogP contribution in [-0.2, 0) is 19.2 Å². The summed E-state index contributed by atoms with van der Waals surface area (Å²) < 4.78 is 16.1. The van der Waals surface area contributed by atoms with Crippen molar-refractivity contribution >= 4 is 46.6 Å². The highest BCUT2D eigenvalue weighted by Crippen LogP contribution is 2.49. The number of primary amides is 1. The monoisotopic (exact) mass is 539 g/mol. The Labute approximate surface area is 221 Å². The van der Waals surface area contributed by atoms with E-state index in [-0.39, 0.29) is 16.9 Å². The number of nitrogens with one attached hydrogen (secondary N) is 2. The third kappa shape index (κ3) is 5.73. The Morgan fingerprint density at radius 1 is 0.974 bits per heavy atom. The number of aromatic nitrogens is 1. The summed E-state index contributed by atoms with van der Waals surface area (Å²) in [7, 11) is 1.33. The fourth-order valence-electron chi connectivity index (χ4n) is 4.21. The van der Waals surface area contributed by atoms with Crippen LogP contribution in [0.2, 0.25) is 5.02 Å². The van der Waals surface area contributed by atoms with Crippen molar-refractivity contribution in [1.82, 2.24) is 9.47 Å². The van der Waals surface area contributed by atoms with Gasteiger partial charge < -0.3 is 21.3 Å². The second-order valence-corrected chi connectivity index (χ2v) is 9.23. The van der Waals surface area contributed by atoms with Crippen LogP contribution in [0.4, 0.5) is 15.8 Å². The van der Waals surface area contributed by atoms with Gasteiger partial charge in [-0.3, -0.25) is 28.5 Å². The highest BCUT2D eigenvalue weighted by molar-refractivity contribution is 6.30. The quantitative estimate of drug-likeness (QED) is 0.401. The summed E-state index contributed by atoms with van der Waals surface area (Å²) in [4.78, 5) is 63.4. The van der Waals surface area contributed by atoms with Crippen molar-refractivity contribution in [3.8, 4) is 5.69 Å². The van der Waals surface area contributed by atoms with Crippen LogP contribution in [0, 0.1) is 23.6 Å². The van der Waals surface area contributed by atoms with E-state index in [0.29, 0.717) is 10.7 Å². The fraction of sp³-hybridized carbons (Fsp3) is 0.192. The Hall–Kier alpha value is -4.51. The van der Waals surface area contributed by atoms with Crippen LogP contribution in [0.15, 0.2) is 71.7 Å². The molecule has 3 aromatic rings. The third-order valence-electron chi connectivity index (χ3n) is 6.10. The van der Waals surface area contributed by atoms with Gasteiger partial charge in [-0.1, -0.05) is 17.7 Å². The van der Waals surface area contributed by atoms with Crippen LogP contribution >= 0.6 is 11.6 Å². The molecule has 1 saturated carbocycles. The van der Waals surface area contributed by atoms with Crippen molar-refractivity contribution in [3.63, 3.8) is 0 Å². The maximum Gasteiger partial charge on any atom is 0.255 e. The average Bonchev–Trinajstić information content (AvgIpc) is 3.62. The molecule has 1 heterocycles. The number of rotatable bonds is 8. The summed E-state index contributed by atoms with van der Waals surface area (Å²) in [5.74, 6) is -6.84. The number of halogens is 2. The largest absolute Gasteiger partial charge is 0.368 e. The van der Waals surface area contributed by atoms with Crippen LogP contribution in [0.5, 0.6) is 0 Å². The number of amides is 4. The maximum atomic E-state index is 14.9. The van der Waals surface area contributed by atoms with Gasteiger partial charge in [-0.05, 0) is 42.5 Å². The van der Waals surface area contributed by atoms with Crippen LogP contribution in [-0.4, -0.2) is 46.7 Å². The summed E-state index contributed by atoms with van der Waals surface area (Å²) in [6.45, 7) is -0.399. The molecule has 0 spiro atoms. The lowest BCUT2D eigenvalue weighted by Gasteiger charge is -2.15. The van der Waals surface area contributed by atoms with Crippen LogP contribution in [0.3, 0.4) is 0 Å². The van der Waals surface area contributed by atoms with Crippen molar-refractivity contribution in [2.24, 2.45) is 23.5 Å². The molecular formula is C26H23ClFN5O5. The number of pyridine rings is 1. The number of likely N-dealkylation sites (N-methyl/N-ethyl adjacent to an activating group) is 1. The van der Waals surface area contributed by atoms with E-state index in [9.17, 15) is 28.4 Å².